The molecule has 2 aromatic carbocycles. The lowest BCUT2D eigenvalue weighted by molar-refractivity contribution is -0.135. The molecule has 1 saturated carbocycles. The van der Waals surface area contributed by atoms with Crippen LogP contribution in [-0.2, 0) is 21.2 Å². The summed E-state index contributed by atoms with van der Waals surface area (Å²) in [7, 11) is -3.77. The minimum absolute atomic E-state index is 0.190. The standard InChI is InChI=1S/C25H32N2O3S/c1-20-10-11-21(2)23(18-20)31(29,30)25(12-6-7-13-25)24(28)27-16-14-26(15-17-27)19-22-8-4-3-5-9-22/h3-5,8-11,18H,6-7,12-17,19H2,1-2H3. The number of carbonyl (C=O) groups excluding carboxylic acids is 1. The Bertz CT molecular complexity index is 1040. The second-order valence-corrected chi connectivity index (χ2v) is 11.3. The van der Waals surface area contributed by atoms with Gasteiger partial charge in [0.2, 0.25) is 5.91 Å². The van der Waals surface area contributed by atoms with Gasteiger partial charge in [-0.05, 0) is 49.4 Å². The number of rotatable bonds is 5. The number of amides is 1. The number of piperazine rings is 1. The van der Waals surface area contributed by atoms with Gasteiger partial charge in [-0.1, -0.05) is 55.3 Å². The fourth-order valence-electron chi connectivity index (χ4n) is 4.99. The van der Waals surface area contributed by atoms with Gasteiger partial charge >= 0.3 is 0 Å². The van der Waals surface area contributed by atoms with Crippen LogP contribution >= 0.6 is 0 Å². The SMILES string of the molecule is Cc1ccc(C)c(S(=O)(=O)C2(C(=O)N3CCN(Cc4ccccc4)CC3)CCCC2)c1. The fraction of sp³-hybridized carbons (Fsp3) is 0.480. The zero-order valence-electron chi connectivity index (χ0n) is 18.5. The van der Waals surface area contributed by atoms with Crippen LogP contribution in [0.4, 0.5) is 0 Å². The Kier molecular flexibility index (Phi) is 6.22. The molecule has 0 bridgehead atoms. The van der Waals surface area contributed by atoms with E-state index in [1.807, 2.05) is 44.2 Å². The van der Waals surface area contributed by atoms with Crippen molar-refractivity contribution in [3.8, 4) is 0 Å². The van der Waals surface area contributed by atoms with Gasteiger partial charge in [0, 0.05) is 32.7 Å². The van der Waals surface area contributed by atoms with Crippen LogP contribution in [0.1, 0.15) is 42.4 Å². The van der Waals surface area contributed by atoms with E-state index in [1.54, 1.807) is 11.0 Å². The van der Waals surface area contributed by atoms with E-state index in [9.17, 15) is 13.2 Å². The van der Waals surface area contributed by atoms with Gasteiger partial charge in [0.05, 0.1) is 4.90 Å². The molecule has 0 radical (unpaired) electrons. The number of hydrogen-bond acceptors (Lipinski definition) is 4. The van der Waals surface area contributed by atoms with Crippen molar-refractivity contribution in [3.63, 3.8) is 0 Å². The molecule has 1 aliphatic carbocycles. The third-order valence-electron chi connectivity index (χ3n) is 6.86. The average Bonchev–Trinajstić information content (AvgIpc) is 3.28. The minimum atomic E-state index is -3.77. The van der Waals surface area contributed by atoms with E-state index in [1.165, 1.54) is 5.56 Å². The lowest BCUT2D eigenvalue weighted by Crippen LogP contribution is -2.57. The molecule has 1 heterocycles. The van der Waals surface area contributed by atoms with Crippen molar-refractivity contribution in [3.05, 3.63) is 65.2 Å². The summed E-state index contributed by atoms with van der Waals surface area (Å²) in [4.78, 5) is 18.2. The van der Waals surface area contributed by atoms with Gasteiger partial charge in [-0.2, -0.15) is 0 Å². The van der Waals surface area contributed by atoms with E-state index in [4.69, 9.17) is 0 Å². The third kappa shape index (κ3) is 4.15. The van der Waals surface area contributed by atoms with E-state index >= 15 is 0 Å². The molecule has 0 N–H and O–H groups in total. The number of nitrogens with zero attached hydrogens (tertiary/aromatic N) is 2. The molecule has 166 valence electrons. The van der Waals surface area contributed by atoms with E-state index in [0.717, 1.165) is 43.6 Å². The Labute approximate surface area is 186 Å². The first-order valence-electron chi connectivity index (χ1n) is 11.2. The summed E-state index contributed by atoms with van der Waals surface area (Å²) in [5.41, 5.74) is 2.88. The summed E-state index contributed by atoms with van der Waals surface area (Å²) < 4.78 is 26.4. The van der Waals surface area contributed by atoms with Crippen LogP contribution in [0.2, 0.25) is 0 Å². The Morgan fingerprint density at radius 3 is 2.23 bits per heavy atom. The first-order valence-corrected chi connectivity index (χ1v) is 12.7. The highest BCUT2D eigenvalue weighted by Gasteiger charge is 2.55. The number of aryl methyl sites for hydroxylation is 2. The van der Waals surface area contributed by atoms with Crippen LogP contribution in [0, 0.1) is 13.8 Å². The van der Waals surface area contributed by atoms with Crippen molar-refractivity contribution in [2.75, 3.05) is 26.2 Å². The van der Waals surface area contributed by atoms with E-state index < -0.39 is 14.6 Å². The van der Waals surface area contributed by atoms with Crippen LogP contribution in [0.25, 0.3) is 0 Å². The van der Waals surface area contributed by atoms with Gasteiger partial charge in [-0.15, -0.1) is 0 Å². The smallest absolute Gasteiger partial charge is 0.244 e. The number of benzene rings is 2. The van der Waals surface area contributed by atoms with E-state index in [2.05, 4.69) is 17.0 Å². The van der Waals surface area contributed by atoms with Gasteiger partial charge in [-0.25, -0.2) is 8.42 Å². The van der Waals surface area contributed by atoms with E-state index in [-0.39, 0.29) is 5.91 Å². The largest absolute Gasteiger partial charge is 0.339 e. The highest BCUT2D eigenvalue weighted by Crippen LogP contribution is 2.43. The molecular formula is C25H32N2O3S. The Morgan fingerprint density at radius 2 is 1.58 bits per heavy atom. The van der Waals surface area contributed by atoms with Crippen molar-refractivity contribution in [2.24, 2.45) is 0 Å². The van der Waals surface area contributed by atoms with Gasteiger partial charge < -0.3 is 4.90 Å². The summed E-state index contributed by atoms with van der Waals surface area (Å²) in [6.45, 7) is 7.26. The maximum Gasteiger partial charge on any atom is 0.244 e. The van der Waals surface area contributed by atoms with Crippen LogP contribution < -0.4 is 0 Å². The molecular weight excluding hydrogens is 408 g/mol. The molecule has 31 heavy (non-hydrogen) atoms. The molecule has 0 aromatic heterocycles. The number of carbonyl (C=O) groups is 1. The second kappa shape index (κ2) is 8.75. The predicted octanol–water partition coefficient (Wildman–Crippen LogP) is 3.73. The topological polar surface area (TPSA) is 57.7 Å². The zero-order chi connectivity index (χ0) is 22.1. The highest BCUT2D eigenvalue weighted by atomic mass is 32.2. The molecule has 0 spiro atoms. The number of sulfone groups is 1. The van der Waals surface area contributed by atoms with Crippen molar-refractivity contribution in [1.82, 2.24) is 9.80 Å². The van der Waals surface area contributed by atoms with Crippen LogP contribution in [0.3, 0.4) is 0 Å². The van der Waals surface area contributed by atoms with Gasteiger partial charge in [-0.3, -0.25) is 9.69 Å². The summed E-state index contributed by atoms with van der Waals surface area (Å²) in [6, 6.07) is 15.8. The van der Waals surface area contributed by atoms with Crippen molar-refractivity contribution in [2.45, 2.75) is 55.7 Å². The van der Waals surface area contributed by atoms with Gasteiger partial charge in [0.15, 0.2) is 14.6 Å². The molecule has 1 aliphatic heterocycles. The fourth-order valence-corrected chi connectivity index (χ4v) is 7.43. The Morgan fingerprint density at radius 1 is 0.935 bits per heavy atom. The molecule has 2 fully saturated rings. The first kappa shape index (κ1) is 22.0. The average molecular weight is 441 g/mol. The third-order valence-corrected chi connectivity index (χ3v) is 9.49. The lowest BCUT2D eigenvalue weighted by atomic mass is 10.0. The lowest BCUT2D eigenvalue weighted by Gasteiger charge is -2.39. The van der Waals surface area contributed by atoms with Crippen molar-refractivity contribution in [1.29, 1.82) is 0 Å². The predicted molar refractivity (Wildman–Crippen MR) is 123 cm³/mol. The Hall–Kier alpha value is -2.18. The monoisotopic (exact) mass is 440 g/mol. The molecule has 0 unspecified atom stereocenters. The molecule has 4 rings (SSSR count). The first-order chi connectivity index (χ1) is 14.8. The van der Waals surface area contributed by atoms with E-state index in [0.29, 0.717) is 30.8 Å². The summed E-state index contributed by atoms with van der Waals surface area (Å²) in [5.74, 6) is -0.190. The van der Waals surface area contributed by atoms with Crippen LogP contribution in [0.5, 0.6) is 0 Å². The van der Waals surface area contributed by atoms with Crippen molar-refractivity contribution < 1.29 is 13.2 Å². The van der Waals surface area contributed by atoms with Crippen molar-refractivity contribution >= 4 is 15.7 Å². The molecule has 0 atom stereocenters. The summed E-state index contributed by atoms with van der Waals surface area (Å²) >= 11 is 0. The van der Waals surface area contributed by atoms with Crippen LogP contribution in [0.15, 0.2) is 53.4 Å². The Balaban J connectivity index is 1.54. The second-order valence-electron chi connectivity index (χ2n) is 9.03. The maximum absolute atomic E-state index is 13.9. The molecule has 5 nitrogen and oxygen atoms in total. The quantitative estimate of drug-likeness (QED) is 0.711. The zero-order valence-corrected chi connectivity index (χ0v) is 19.3. The molecule has 2 aromatic rings. The summed E-state index contributed by atoms with van der Waals surface area (Å²) in [5, 5.41) is 0. The molecule has 6 heteroatoms. The molecule has 1 saturated heterocycles. The molecule has 1 amide bonds. The van der Waals surface area contributed by atoms with Gasteiger partial charge in [0.25, 0.3) is 0 Å². The van der Waals surface area contributed by atoms with Gasteiger partial charge in [0.1, 0.15) is 0 Å². The normalized spacial score (nSPS) is 19.5. The highest BCUT2D eigenvalue weighted by molar-refractivity contribution is 7.93. The molecule has 2 aliphatic rings. The summed E-state index contributed by atoms with van der Waals surface area (Å²) in [6.07, 6.45) is 2.41. The number of hydrogen-bond donors (Lipinski definition) is 0. The minimum Gasteiger partial charge on any atom is -0.339 e. The maximum atomic E-state index is 13.9. The van der Waals surface area contributed by atoms with Crippen LogP contribution in [-0.4, -0.2) is 55.1 Å².